The number of hydrogen-bond acceptors (Lipinski definition) is 4. The molecule has 0 aliphatic carbocycles. The Morgan fingerprint density at radius 3 is 2.26 bits per heavy atom. The number of para-hydroxylation sites is 2. The lowest BCUT2D eigenvalue weighted by Crippen LogP contribution is -2.21. The van der Waals surface area contributed by atoms with Gasteiger partial charge in [0.2, 0.25) is 0 Å². The first kappa shape index (κ1) is 20.3. The number of aromatic nitrogens is 5. The predicted molar refractivity (Wildman–Crippen MR) is 136 cm³/mol. The average molecular weight is 446 g/mol. The van der Waals surface area contributed by atoms with Crippen LogP contribution in [0.5, 0.6) is 0 Å². The molecule has 0 unspecified atom stereocenters. The van der Waals surface area contributed by atoms with E-state index in [1.54, 1.807) is 10.9 Å². The molecule has 0 fully saturated rings. The molecular formula is C28H23N5O. The van der Waals surface area contributed by atoms with Gasteiger partial charge in [0.05, 0.1) is 17.6 Å². The molecule has 6 nitrogen and oxygen atoms in total. The van der Waals surface area contributed by atoms with Gasteiger partial charge in [-0.15, -0.1) is 0 Å². The van der Waals surface area contributed by atoms with Crippen molar-refractivity contribution in [3.05, 3.63) is 106 Å². The molecule has 6 aromatic rings. The van der Waals surface area contributed by atoms with Gasteiger partial charge in [-0.3, -0.25) is 13.9 Å². The van der Waals surface area contributed by atoms with Gasteiger partial charge in [-0.05, 0) is 61.7 Å². The van der Waals surface area contributed by atoms with Gasteiger partial charge in [0.15, 0.2) is 11.3 Å². The number of aryl methyl sites for hydroxylation is 3. The van der Waals surface area contributed by atoms with Gasteiger partial charge in [-0.25, -0.2) is 15.0 Å². The topological polar surface area (TPSA) is 65.6 Å². The Hall–Kier alpha value is -4.32. The minimum atomic E-state index is -0.122. The zero-order valence-electron chi connectivity index (χ0n) is 19.3. The second kappa shape index (κ2) is 7.63. The Balaban J connectivity index is 1.67. The molecule has 0 saturated heterocycles. The van der Waals surface area contributed by atoms with E-state index in [1.807, 2.05) is 54.0 Å². The fourth-order valence-corrected chi connectivity index (χ4v) is 4.38. The maximum atomic E-state index is 13.8. The molecule has 3 aromatic carbocycles. The summed E-state index contributed by atoms with van der Waals surface area (Å²) in [5, 5.41) is 0.487. The highest BCUT2D eigenvalue weighted by molar-refractivity contribution is 6.05. The molecule has 6 rings (SSSR count). The Bertz CT molecular complexity index is 1780. The number of fused-ring (bicyclic) bond motifs is 4. The monoisotopic (exact) mass is 445 g/mol. The van der Waals surface area contributed by atoms with E-state index < -0.39 is 0 Å². The summed E-state index contributed by atoms with van der Waals surface area (Å²) in [6.07, 6.45) is 1.63. The molecule has 0 amide bonds. The molecule has 0 spiro atoms. The molecule has 166 valence electrons. The summed E-state index contributed by atoms with van der Waals surface area (Å²) in [4.78, 5) is 28.3. The zero-order valence-corrected chi connectivity index (χ0v) is 19.3. The number of benzene rings is 3. The van der Waals surface area contributed by atoms with Crippen LogP contribution in [0.3, 0.4) is 0 Å². The van der Waals surface area contributed by atoms with Crippen LogP contribution in [-0.4, -0.2) is 24.1 Å². The maximum Gasteiger partial charge on any atom is 0.265 e. The van der Waals surface area contributed by atoms with Gasteiger partial charge in [-0.1, -0.05) is 48.0 Å². The highest BCUT2D eigenvalue weighted by Gasteiger charge is 2.21. The van der Waals surface area contributed by atoms with E-state index in [9.17, 15) is 4.79 Å². The van der Waals surface area contributed by atoms with Crippen LogP contribution in [0.25, 0.3) is 38.9 Å². The summed E-state index contributed by atoms with van der Waals surface area (Å²) in [5.74, 6) is 0. The SMILES string of the molecule is Cc1ccc(Cn2cnc3c(c2=O)c2nc4ccccc4nc2n3-c2ccc(C)c(C)c2)cc1. The van der Waals surface area contributed by atoms with Crippen LogP contribution in [0, 0.1) is 20.8 Å². The van der Waals surface area contributed by atoms with Crippen molar-refractivity contribution in [2.45, 2.75) is 27.3 Å². The Labute approximate surface area is 196 Å². The van der Waals surface area contributed by atoms with Crippen molar-refractivity contribution in [1.82, 2.24) is 24.1 Å². The summed E-state index contributed by atoms with van der Waals surface area (Å²) in [6.45, 7) is 6.66. The third kappa shape index (κ3) is 3.18. The van der Waals surface area contributed by atoms with E-state index in [1.165, 1.54) is 11.1 Å². The maximum absolute atomic E-state index is 13.8. The third-order valence-electron chi connectivity index (χ3n) is 6.45. The molecule has 3 aromatic heterocycles. The summed E-state index contributed by atoms with van der Waals surface area (Å²) >= 11 is 0. The van der Waals surface area contributed by atoms with Crippen LogP contribution in [-0.2, 0) is 6.54 Å². The molecule has 0 aliphatic rings. The Morgan fingerprint density at radius 1 is 0.794 bits per heavy atom. The fourth-order valence-electron chi connectivity index (χ4n) is 4.38. The lowest BCUT2D eigenvalue weighted by molar-refractivity contribution is 0.746. The van der Waals surface area contributed by atoms with Crippen LogP contribution < -0.4 is 5.56 Å². The first-order chi connectivity index (χ1) is 16.5. The van der Waals surface area contributed by atoms with E-state index in [-0.39, 0.29) is 5.56 Å². The van der Waals surface area contributed by atoms with Crippen molar-refractivity contribution in [1.29, 1.82) is 0 Å². The average Bonchev–Trinajstić information content (AvgIpc) is 3.16. The minimum Gasteiger partial charge on any atom is -0.294 e. The first-order valence-electron chi connectivity index (χ1n) is 11.3. The smallest absolute Gasteiger partial charge is 0.265 e. The van der Waals surface area contributed by atoms with E-state index in [0.29, 0.717) is 28.7 Å². The van der Waals surface area contributed by atoms with E-state index >= 15 is 0 Å². The normalized spacial score (nSPS) is 11.6. The molecule has 0 bridgehead atoms. The number of nitrogens with zero attached hydrogens (tertiary/aromatic N) is 5. The summed E-state index contributed by atoms with van der Waals surface area (Å²) < 4.78 is 3.60. The van der Waals surface area contributed by atoms with Crippen molar-refractivity contribution < 1.29 is 0 Å². The van der Waals surface area contributed by atoms with Gasteiger partial charge >= 0.3 is 0 Å². The van der Waals surface area contributed by atoms with Crippen molar-refractivity contribution >= 4 is 33.2 Å². The fraction of sp³-hybridized carbons (Fsp3) is 0.143. The van der Waals surface area contributed by atoms with Gasteiger partial charge in [0.25, 0.3) is 5.56 Å². The minimum absolute atomic E-state index is 0.122. The van der Waals surface area contributed by atoms with Crippen LogP contribution in [0.4, 0.5) is 0 Å². The van der Waals surface area contributed by atoms with Crippen LogP contribution in [0.15, 0.2) is 77.9 Å². The summed E-state index contributed by atoms with van der Waals surface area (Å²) in [5.41, 5.74) is 8.69. The molecule has 0 aliphatic heterocycles. The summed E-state index contributed by atoms with van der Waals surface area (Å²) in [6, 6.07) is 22.1. The molecule has 0 N–H and O–H groups in total. The zero-order chi connectivity index (χ0) is 23.4. The Morgan fingerprint density at radius 2 is 1.53 bits per heavy atom. The molecule has 0 atom stereocenters. The largest absolute Gasteiger partial charge is 0.294 e. The van der Waals surface area contributed by atoms with E-state index in [0.717, 1.165) is 27.8 Å². The van der Waals surface area contributed by atoms with Crippen LogP contribution in [0.2, 0.25) is 0 Å². The lowest BCUT2D eigenvalue weighted by Gasteiger charge is -2.10. The molecule has 3 heterocycles. The van der Waals surface area contributed by atoms with Crippen LogP contribution >= 0.6 is 0 Å². The van der Waals surface area contributed by atoms with Gasteiger partial charge in [0.1, 0.15) is 17.2 Å². The van der Waals surface area contributed by atoms with Gasteiger partial charge in [0, 0.05) is 5.69 Å². The lowest BCUT2D eigenvalue weighted by atomic mass is 10.1. The van der Waals surface area contributed by atoms with Crippen molar-refractivity contribution in [2.24, 2.45) is 0 Å². The standard InChI is InChI=1S/C28H23N5O/c1-17-8-11-20(12-9-17)15-32-16-29-26-24(28(32)34)25-27(31-23-7-5-4-6-22(23)30-25)33(26)21-13-10-18(2)19(3)14-21/h4-14,16H,15H2,1-3H3. The third-order valence-corrected chi connectivity index (χ3v) is 6.45. The van der Waals surface area contributed by atoms with E-state index in [4.69, 9.17) is 15.0 Å². The van der Waals surface area contributed by atoms with Crippen molar-refractivity contribution in [3.8, 4) is 5.69 Å². The van der Waals surface area contributed by atoms with Gasteiger partial charge in [-0.2, -0.15) is 0 Å². The predicted octanol–water partition coefficient (Wildman–Crippen LogP) is 5.26. The van der Waals surface area contributed by atoms with Crippen molar-refractivity contribution in [2.75, 3.05) is 0 Å². The first-order valence-corrected chi connectivity index (χ1v) is 11.3. The highest BCUT2D eigenvalue weighted by Crippen LogP contribution is 2.29. The molecule has 34 heavy (non-hydrogen) atoms. The second-order valence-electron chi connectivity index (χ2n) is 8.85. The second-order valence-corrected chi connectivity index (χ2v) is 8.85. The summed E-state index contributed by atoms with van der Waals surface area (Å²) in [7, 11) is 0. The highest BCUT2D eigenvalue weighted by atomic mass is 16.1. The van der Waals surface area contributed by atoms with Crippen molar-refractivity contribution in [3.63, 3.8) is 0 Å². The molecule has 0 radical (unpaired) electrons. The quantitative estimate of drug-likeness (QED) is 0.373. The van der Waals surface area contributed by atoms with Gasteiger partial charge < -0.3 is 0 Å². The number of rotatable bonds is 3. The molecular weight excluding hydrogens is 422 g/mol. The molecule has 0 saturated carbocycles. The van der Waals surface area contributed by atoms with Crippen LogP contribution in [0.1, 0.15) is 22.3 Å². The Kier molecular flexibility index (Phi) is 4.55. The number of hydrogen-bond donors (Lipinski definition) is 0. The molecule has 6 heteroatoms. The van der Waals surface area contributed by atoms with E-state index in [2.05, 4.69) is 38.1 Å².